The number of halogens is 3. The van der Waals surface area contributed by atoms with Crippen molar-refractivity contribution in [1.29, 1.82) is 0 Å². The number of hydrogen-bond donors (Lipinski definition) is 2. The first-order chi connectivity index (χ1) is 16.1. The topological polar surface area (TPSA) is 79.4 Å². The number of likely N-dealkylation sites (tertiary alicyclic amines) is 2. The molecule has 186 valence electrons. The molecule has 1 aliphatic carbocycles. The van der Waals surface area contributed by atoms with Crippen molar-refractivity contribution in [1.82, 2.24) is 24.9 Å². The number of aromatic nitrogens is 2. The predicted octanol–water partition coefficient (Wildman–Crippen LogP) is 3.24. The third-order valence-corrected chi connectivity index (χ3v) is 8.02. The van der Waals surface area contributed by atoms with E-state index in [1.165, 1.54) is 56.6 Å². The summed E-state index contributed by atoms with van der Waals surface area (Å²) in [5, 5.41) is 6.84. The standard InChI is InChI=1S/C24H33F3N6O/c1-31-19-15-16(28)14-18(24(25,26)27)20(19)21(30-31)22(34)29-17-2-8-32(9-3-17)12-13-33-10-6-23(4-5-23)7-11-33/h14-15,17H,2-13,28H2,1H3,(H,29,34). The molecule has 5 rings (SSSR count). The Balaban J connectivity index is 1.17. The van der Waals surface area contributed by atoms with Crippen LogP contribution in [0, 0.1) is 5.41 Å². The first-order valence-corrected chi connectivity index (χ1v) is 12.2. The number of nitrogens with two attached hydrogens (primary N) is 1. The van der Waals surface area contributed by atoms with E-state index < -0.39 is 17.6 Å². The minimum absolute atomic E-state index is 0.0150. The summed E-state index contributed by atoms with van der Waals surface area (Å²) in [6.07, 6.45) is 2.43. The summed E-state index contributed by atoms with van der Waals surface area (Å²) in [4.78, 5) is 18.0. The summed E-state index contributed by atoms with van der Waals surface area (Å²) in [5.74, 6) is -0.568. The number of benzene rings is 1. The van der Waals surface area contributed by atoms with Crippen molar-refractivity contribution in [2.75, 3.05) is 45.0 Å². The summed E-state index contributed by atoms with van der Waals surface area (Å²) in [6.45, 7) is 6.25. The van der Waals surface area contributed by atoms with Crippen LogP contribution in [0.2, 0.25) is 0 Å². The number of aryl methyl sites for hydroxylation is 1. The molecule has 1 aromatic carbocycles. The Morgan fingerprint density at radius 3 is 2.29 bits per heavy atom. The van der Waals surface area contributed by atoms with Gasteiger partial charge < -0.3 is 20.9 Å². The summed E-state index contributed by atoms with van der Waals surface area (Å²) in [6, 6.07) is 2.21. The van der Waals surface area contributed by atoms with Gasteiger partial charge in [-0.05, 0) is 69.2 Å². The lowest BCUT2D eigenvalue weighted by molar-refractivity contribution is -0.136. The van der Waals surface area contributed by atoms with E-state index in [2.05, 4.69) is 20.2 Å². The molecule has 3 fully saturated rings. The quantitative estimate of drug-likeness (QED) is 0.645. The van der Waals surface area contributed by atoms with Crippen molar-refractivity contribution in [3.63, 3.8) is 0 Å². The van der Waals surface area contributed by atoms with Gasteiger partial charge in [0.25, 0.3) is 5.91 Å². The van der Waals surface area contributed by atoms with Crippen LogP contribution in [0.1, 0.15) is 54.6 Å². The molecule has 2 aromatic rings. The minimum Gasteiger partial charge on any atom is -0.399 e. The van der Waals surface area contributed by atoms with E-state index in [0.717, 1.165) is 45.1 Å². The summed E-state index contributed by atoms with van der Waals surface area (Å²) < 4.78 is 42.3. The van der Waals surface area contributed by atoms with Crippen LogP contribution in [0.15, 0.2) is 12.1 Å². The van der Waals surface area contributed by atoms with Crippen LogP contribution in [-0.2, 0) is 13.2 Å². The first kappa shape index (κ1) is 23.4. The van der Waals surface area contributed by atoms with E-state index in [1.54, 1.807) is 0 Å². The molecule has 3 N–H and O–H groups in total. The fourth-order valence-electron chi connectivity index (χ4n) is 5.55. The Kier molecular flexibility index (Phi) is 6.00. The summed E-state index contributed by atoms with van der Waals surface area (Å²) in [7, 11) is 1.52. The van der Waals surface area contributed by atoms with Gasteiger partial charge in [-0.15, -0.1) is 0 Å². The molecular formula is C24H33F3N6O. The molecule has 2 aliphatic heterocycles. The maximum absolute atomic E-state index is 13.7. The normalized spacial score (nSPS) is 21.9. The van der Waals surface area contributed by atoms with Gasteiger partial charge in [-0.3, -0.25) is 9.48 Å². The first-order valence-electron chi connectivity index (χ1n) is 12.2. The van der Waals surface area contributed by atoms with E-state index in [-0.39, 0.29) is 28.3 Å². The van der Waals surface area contributed by atoms with Gasteiger partial charge in [0.1, 0.15) is 0 Å². The Hall–Kier alpha value is -2.33. The van der Waals surface area contributed by atoms with Gasteiger partial charge >= 0.3 is 6.18 Å². The molecule has 0 radical (unpaired) electrons. The number of carbonyl (C=O) groups excluding carboxylic acids is 1. The fraction of sp³-hybridized carbons (Fsp3) is 0.667. The molecule has 1 spiro atoms. The van der Waals surface area contributed by atoms with Crippen LogP contribution in [-0.4, -0.2) is 70.8 Å². The Morgan fingerprint density at radius 1 is 1.09 bits per heavy atom. The number of nitrogen functional groups attached to an aromatic ring is 1. The van der Waals surface area contributed by atoms with Crippen molar-refractivity contribution in [3.8, 4) is 0 Å². The van der Waals surface area contributed by atoms with E-state index in [0.29, 0.717) is 5.41 Å². The van der Waals surface area contributed by atoms with Crippen LogP contribution < -0.4 is 11.1 Å². The molecule has 7 nitrogen and oxygen atoms in total. The van der Waals surface area contributed by atoms with Crippen LogP contribution in [0.25, 0.3) is 10.9 Å². The maximum Gasteiger partial charge on any atom is 0.417 e. The highest BCUT2D eigenvalue weighted by Gasteiger charge is 2.44. The SMILES string of the molecule is Cn1nc(C(=O)NC2CCN(CCN3CCC4(CC3)CC4)CC2)c2c(C(F)(F)F)cc(N)cc21. The molecule has 0 unspecified atom stereocenters. The monoisotopic (exact) mass is 478 g/mol. The van der Waals surface area contributed by atoms with E-state index in [4.69, 9.17) is 5.73 Å². The fourth-order valence-corrected chi connectivity index (χ4v) is 5.55. The molecule has 1 aromatic heterocycles. The number of fused-ring (bicyclic) bond motifs is 1. The summed E-state index contributed by atoms with van der Waals surface area (Å²) in [5.41, 5.74) is 5.41. The average Bonchev–Trinajstić information content (AvgIpc) is 3.47. The van der Waals surface area contributed by atoms with Gasteiger partial charge in [0, 0.05) is 50.3 Å². The molecule has 10 heteroatoms. The average molecular weight is 479 g/mol. The number of nitrogens with zero attached hydrogens (tertiary/aromatic N) is 4. The largest absolute Gasteiger partial charge is 0.417 e. The molecular weight excluding hydrogens is 445 g/mol. The van der Waals surface area contributed by atoms with Gasteiger partial charge in [-0.2, -0.15) is 18.3 Å². The van der Waals surface area contributed by atoms with Crippen LogP contribution in [0.4, 0.5) is 18.9 Å². The molecule has 0 bridgehead atoms. The summed E-state index contributed by atoms with van der Waals surface area (Å²) >= 11 is 0. The lowest BCUT2D eigenvalue weighted by Crippen LogP contribution is -2.47. The molecule has 1 amide bonds. The Bertz CT molecular complexity index is 1060. The lowest BCUT2D eigenvalue weighted by atomic mass is 9.94. The maximum atomic E-state index is 13.7. The third-order valence-electron chi connectivity index (χ3n) is 8.02. The van der Waals surface area contributed by atoms with E-state index in [9.17, 15) is 18.0 Å². The van der Waals surface area contributed by atoms with Crippen molar-refractivity contribution in [3.05, 3.63) is 23.4 Å². The lowest BCUT2D eigenvalue weighted by Gasteiger charge is -2.36. The van der Waals surface area contributed by atoms with Crippen LogP contribution in [0.5, 0.6) is 0 Å². The minimum atomic E-state index is -4.63. The number of alkyl halides is 3. The number of rotatable bonds is 5. The number of anilines is 1. The van der Waals surface area contributed by atoms with Gasteiger partial charge in [-0.25, -0.2) is 0 Å². The second-order valence-electron chi connectivity index (χ2n) is 10.4. The molecule has 3 heterocycles. The Morgan fingerprint density at radius 2 is 1.71 bits per heavy atom. The van der Waals surface area contributed by atoms with Crippen LogP contribution >= 0.6 is 0 Å². The third kappa shape index (κ3) is 4.75. The van der Waals surface area contributed by atoms with Gasteiger partial charge in [-0.1, -0.05) is 0 Å². The van der Waals surface area contributed by atoms with E-state index >= 15 is 0 Å². The van der Waals surface area contributed by atoms with E-state index in [1.807, 2.05) is 0 Å². The second-order valence-corrected chi connectivity index (χ2v) is 10.4. The highest BCUT2D eigenvalue weighted by molar-refractivity contribution is 6.07. The highest BCUT2D eigenvalue weighted by Crippen LogP contribution is 2.53. The molecule has 2 saturated heterocycles. The van der Waals surface area contributed by atoms with Gasteiger partial charge in [0.2, 0.25) is 0 Å². The zero-order valence-electron chi connectivity index (χ0n) is 19.6. The number of hydrogen-bond acceptors (Lipinski definition) is 5. The van der Waals surface area contributed by atoms with Crippen molar-refractivity contribution in [2.24, 2.45) is 12.5 Å². The number of nitrogens with one attached hydrogen (secondary N) is 1. The van der Waals surface area contributed by atoms with Crippen LogP contribution in [0.3, 0.4) is 0 Å². The predicted molar refractivity (Wildman–Crippen MR) is 124 cm³/mol. The molecule has 3 aliphatic rings. The van der Waals surface area contributed by atoms with Gasteiger partial charge in [0.15, 0.2) is 5.69 Å². The number of amides is 1. The number of carbonyl (C=O) groups is 1. The van der Waals surface area contributed by atoms with Gasteiger partial charge in [0.05, 0.1) is 11.1 Å². The zero-order valence-corrected chi connectivity index (χ0v) is 19.6. The Labute approximate surface area is 197 Å². The van der Waals surface area contributed by atoms with Crippen molar-refractivity contribution in [2.45, 2.75) is 50.7 Å². The zero-order chi connectivity index (χ0) is 24.1. The second kappa shape index (κ2) is 8.71. The molecule has 1 saturated carbocycles. The highest BCUT2D eigenvalue weighted by atomic mass is 19.4. The van der Waals surface area contributed by atoms with Crippen molar-refractivity contribution >= 4 is 22.5 Å². The smallest absolute Gasteiger partial charge is 0.399 e. The molecule has 0 atom stereocenters. The van der Waals surface area contributed by atoms with Crippen molar-refractivity contribution < 1.29 is 18.0 Å². The number of piperidine rings is 2. The molecule has 34 heavy (non-hydrogen) atoms.